The maximum absolute atomic E-state index is 4.83. The molecule has 0 aliphatic rings. The van der Waals surface area contributed by atoms with Crippen LogP contribution in [0.4, 0.5) is 0 Å². The van der Waals surface area contributed by atoms with Gasteiger partial charge in [0, 0.05) is 1020 Å². The molecule has 0 aliphatic heterocycles. The van der Waals surface area contributed by atoms with Crippen molar-refractivity contribution in [2.75, 3.05) is 0 Å². The van der Waals surface area contributed by atoms with E-state index in [1.807, 2.05) is 870 Å². The smallest absolute Gasteiger partial charge is 0 e. The van der Waals surface area contributed by atoms with Crippen molar-refractivity contribution < 1.29 is 0 Å². The third kappa shape index (κ3) is 137. The third-order valence-electron chi connectivity index (χ3n) is 3.08. The quantitative estimate of drug-likeness (QED) is 0.329. The summed E-state index contributed by atoms with van der Waals surface area (Å²) in [6, 6.07) is 0. The molecule has 0 N–H and O–H groups in total. The van der Waals surface area contributed by atoms with Gasteiger partial charge in [0.1, 0.15) is 0 Å². The van der Waals surface area contributed by atoms with Gasteiger partial charge in [0.05, 0.1) is 0 Å². The van der Waals surface area contributed by atoms with Gasteiger partial charge in [-0.3, -0.25) is 0 Å². The molecular weight excluding hydrogens is 3660 g/mol. The van der Waals surface area contributed by atoms with Crippen LogP contribution >= 0.6 is 0 Å². The Hall–Kier alpha value is 25.1. The second-order valence-electron chi connectivity index (χ2n) is 7.62. The molecule has 0 radical (unpaired) electrons. The van der Waals surface area contributed by atoms with E-state index in [1.165, 1.54) is 17.8 Å². The van der Waals surface area contributed by atoms with Crippen LogP contribution in [0, 0.1) is 0 Å². The van der Waals surface area contributed by atoms with Gasteiger partial charge in [-0.15, -0.1) is 0 Å². The van der Waals surface area contributed by atoms with Crippen LogP contribution in [0.2, 0.25) is 0 Å². The molecule has 0 atom stereocenters. The Morgan fingerprint density at radius 1 is 0.0439 bits per heavy atom. The maximum atomic E-state index is 4.83. The van der Waals surface area contributed by atoms with Gasteiger partial charge in [-0.05, 0) is 0 Å². The summed E-state index contributed by atoms with van der Waals surface area (Å²) in [6.07, 6.45) is 0. The fourth-order valence-electron chi connectivity index (χ4n) is 1.25. The number of rotatable bonds is 0. The molecule has 0 aliphatic carbocycles. The summed E-state index contributed by atoms with van der Waals surface area (Å²) in [6.45, 7) is 0. The lowest BCUT2D eigenvalue weighted by molar-refractivity contribution is 5.95. The Labute approximate surface area is 984 Å². The SMILES string of the molecule is S=S=S=S=S=S=S=S=S=S=S=S=S=S=S=S=S=S=S=S=S=S=S=S=S=S=S=S=S=S=S=S=S=S=S=S=S=S=S=S=S=S=S=S=S=S=S=S=S=S=S=S=S=S=S=S=S=S=S=S=S=S=S=S=S=S=S=S=S=S=S=S=S=S=S=S=S=S=S=S=S=S=S=S=S=S=S=S=S=S=S=S=S=S=S=S=S=S=S=S=S=S=S=S=S=S=S=S=S=S=S=S=S=S. The monoisotopic (exact) mass is 3640 g/mol. The highest BCUT2D eigenvalue weighted by molar-refractivity contribution is 8.89. The van der Waals surface area contributed by atoms with Crippen LogP contribution in [0.25, 0.3) is 0 Å². The zero-order valence-corrected chi connectivity index (χ0v) is 140. The van der Waals surface area contributed by atoms with Crippen LogP contribution in [-0.4, -0.2) is 0 Å². The van der Waals surface area contributed by atoms with Gasteiger partial charge in [0.2, 0.25) is 0 Å². The number of hydrogen-bond donors (Lipinski definition) is 0. The summed E-state index contributed by atoms with van der Waals surface area (Å²) in [5.41, 5.74) is 0. The van der Waals surface area contributed by atoms with Gasteiger partial charge in [-0.25, -0.2) is 0 Å². The first-order valence-corrected chi connectivity index (χ1v) is 169. The minimum absolute atomic E-state index is 1.37. The van der Waals surface area contributed by atoms with Crippen molar-refractivity contribution in [3.8, 4) is 0 Å². The van der Waals surface area contributed by atoms with Gasteiger partial charge in [-0.1, -0.05) is 0 Å². The zero-order chi connectivity index (χ0) is 81.2. The molecule has 0 bridgehead atoms. The van der Waals surface area contributed by atoms with Crippen molar-refractivity contribution in [3.05, 3.63) is 0 Å². The lowest BCUT2D eigenvalue weighted by Gasteiger charge is -1.41. The summed E-state index contributed by atoms with van der Waals surface area (Å²) >= 11 is 9.67. The first-order chi connectivity index (χ1) is 56.9. The standard InChI is InChI=1S/S114/c1-3-5-7-9-11-13-15-17-19-21-23-25-27-29-31-33-35-37-39-41-43-45-47-49-51-53-55-57-59-61-63-65-67-69-71-73-75-77-79-81-83-85-87-89-91-93-95-97-99-101-103-105-107-109-111-113-114-112-110-108-106-104-102-100-98-96-94-92-90-88-86-84-82-80-78-76-74-72-70-68-66-64-62-60-58-56-54-52-50-48-46-44-42-40-38-36-34-32-30-28-26-24-22-20-18-16-14-12-10-8-6-4-2. The minimum atomic E-state index is 1.37. The molecule has 0 unspecified atom stereocenters. The molecule has 684 valence electrons. The van der Waals surface area contributed by atoms with E-state index < -0.39 is 0 Å². The van der Waals surface area contributed by atoms with E-state index in [2.05, 4.69) is 0 Å². The van der Waals surface area contributed by atoms with Crippen molar-refractivity contribution in [1.82, 2.24) is 0 Å². The summed E-state index contributed by atoms with van der Waals surface area (Å²) in [5, 5.41) is 0. The summed E-state index contributed by atoms with van der Waals surface area (Å²) < 4.78 is 0. The minimum Gasteiger partial charge on any atom is 0 e. The number of hydrogen-bond acceptors (Lipinski definition) is 2. The lowest BCUT2D eigenvalue weighted by Crippen LogP contribution is -1.42. The highest BCUT2D eigenvalue weighted by atomic mass is 33.6. The van der Waals surface area contributed by atoms with Gasteiger partial charge in [0.15, 0.2) is 0 Å². The van der Waals surface area contributed by atoms with E-state index in [1.54, 1.807) is 107 Å². The molecule has 0 aromatic carbocycles. The van der Waals surface area contributed by atoms with Crippen LogP contribution < -0.4 is 0 Å². The Kier molecular flexibility index (Phi) is 168. The van der Waals surface area contributed by atoms with Crippen LogP contribution in [0.5, 0.6) is 0 Å². The van der Waals surface area contributed by atoms with E-state index in [9.17, 15) is 0 Å². The Bertz CT molecular complexity index is 8590. The summed E-state index contributed by atoms with van der Waals surface area (Å²) in [5.74, 6) is 0. The van der Waals surface area contributed by atoms with Crippen molar-refractivity contribution >= 4 is 1020 Å². The zero-order valence-electron chi connectivity index (χ0n) is 46.5. The second-order valence-corrected chi connectivity index (χ2v) is 206. The highest BCUT2D eigenvalue weighted by Gasteiger charge is 1.52. The average Bonchev–Trinajstić information content (AvgIpc) is 2.83. The molecule has 0 spiro atoms. The molecule has 0 fully saturated rings. The molecule has 114 heteroatoms. The molecule has 0 rings (SSSR count). The van der Waals surface area contributed by atoms with Crippen LogP contribution in [-0.2, 0) is 1020 Å². The summed E-state index contributed by atoms with van der Waals surface area (Å²) in [7, 11) is 203. The van der Waals surface area contributed by atoms with E-state index in [0.29, 0.717) is 0 Å². The first-order valence-electron chi connectivity index (χ1n) is 18.8. The first kappa shape index (κ1) is 139. The maximum Gasteiger partial charge on any atom is 0 e. The topological polar surface area (TPSA) is 0 Å². The van der Waals surface area contributed by atoms with Crippen LogP contribution in [0.15, 0.2) is 0 Å². The molecule has 0 saturated heterocycles. The Morgan fingerprint density at radius 3 is 0.0965 bits per heavy atom. The molecular formula is S114. The molecule has 0 saturated carbocycles. The van der Waals surface area contributed by atoms with E-state index in [4.69, 9.17) is 22.4 Å². The van der Waals surface area contributed by atoms with Gasteiger partial charge >= 0.3 is 0 Å². The van der Waals surface area contributed by atoms with E-state index in [-0.39, 0.29) is 0 Å². The fraction of sp³-hybridized carbons (Fsp3) is 0. The fourth-order valence-corrected chi connectivity index (χ4v) is 303. The van der Waals surface area contributed by atoms with Gasteiger partial charge in [-0.2, -0.15) is 0 Å². The predicted molar refractivity (Wildman–Crippen MR) is 840 cm³/mol. The van der Waals surface area contributed by atoms with Crippen molar-refractivity contribution in [1.29, 1.82) is 0 Å². The molecule has 0 amide bonds. The Morgan fingerprint density at radius 2 is 0.0702 bits per heavy atom. The third-order valence-corrected chi connectivity index (χ3v) is 250. The molecule has 0 aromatic heterocycles. The van der Waals surface area contributed by atoms with E-state index in [0.717, 1.165) is 0 Å². The second kappa shape index (κ2) is 138. The highest BCUT2D eigenvalue weighted by Crippen LogP contribution is 1.52. The Balaban J connectivity index is 6.19. The summed E-state index contributed by atoms with van der Waals surface area (Å²) in [4.78, 5) is 0. The van der Waals surface area contributed by atoms with Gasteiger partial charge in [0.25, 0.3) is 0 Å². The van der Waals surface area contributed by atoms with Crippen molar-refractivity contribution in [2.45, 2.75) is 0 Å². The normalized spacial score (nSPS) is 7.89. The molecule has 114 heavy (non-hydrogen) atoms. The van der Waals surface area contributed by atoms with Gasteiger partial charge < -0.3 is 0 Å². The van der Waals surface area contributed by atoms with Crippen LogP contribution in [0.3, 0.4) is 0 Å². The van der Waals surface area contributed by atoms with E-state index >= 15 is 0 Å². The molecule has 0 nitrogen and oxygen atoms in total. The van der Waals surface area contributed by atoms with Crippen LogP contribution in [0.1, 0.15) is 0 Å². The largest absolute Gasteiger partial charge is 0 e. The van der Waals surface area contributed by atoms with Crippen molar-refractivity contribution in [3.63, 3.8) is 0 Å². The average molecular weight is 3660 g/mol. The molecule has 0 heterocycles. The molecule has 0 aromatic rings. The lowest BCUT2D eigenvalue weighted by atomic mass is 30.7. The van der Waals surface area contributed by atoms with Crippen molar-refractivity contribution in [2.24, 2.45) is 0 Å². The predicted octanol–water partition coefficient (Wildman–Crippen LogP) is -0.274.